The number of halogens is 2. The maximum Gasteiger partial charge on any atom is 0.257 e. The van der Waals surface area contributed by atoms with Gasteiger partial charge in [0.15, 0.2) is 5.82 Å². The van der Waals surface area contributed by atoms with Crippen molar-refractivity contribution in [3.63, 3.8) is 0 Å². The molecule has 0 radical (unpaired) electrons. The Bertz CT molecular complexity index is 1140. The van der Waals surface area contributed by atoms with Crippen molar-refractivity contribution in [3.8, 4) is 11.4 Å². The Balaban J connectivity index is 1.39. The Morgan fingerprint density at radius 1 is 1.03 bits per heavy atom. The second-order valence-electron chi connectivity index (χ2n) is 8.29. The Labute approximate surface area is 192 Å². The van der Waals surface area contributed by atoms with Gasteiger partial charge in [-0.25, -0.2) is 13.5 Å². The number of methoxy groups -OCH3 is 1. The van der Waals surface area contributed by atoms with Crippen molar-refractivity contribution in [2.24, 2.45) is 0 Å². The molecule has 2 heterocycles. The van der Waals surface area contributed by atoms with Crippen molar-refractivity contribution in [1.29, 1.82) is 0 Å². The standard InChI is InChI=1S/C25H28F2N4O2/c1-17-24(18(2)31(28-17)23-9-6-20(26)16-22(23)27)25(32)30-14-12-29(13-15-30)11-10-19-4-7-21(33-3)8-5-19/h4-9,16H,10-15H2,1-3H3. The number of aryl methyl sites for hydroxylation is 1. The minimum absolute atomic E-state index is 0.103. The van der Waals surface area contributed by atoms with E-state index in [1.165, 1.54) is 22.4 Å². The molecule has 33 heavy (non-hydrogen) atoms. The molecule has 0 atom stereocenters. The zero-order valence-electron chi connectivity index (χ0n) is 19.1. The Morgan fingerprint density at radius 3 is 2.36 bits per heavy atom. The lowest BCUT2D eigenvalue weighted by molar-refractivity contribution is 0.0637. The summed E-state index contributed by atoms with van der Waals surface area (Å²) in [6.07, 6.45) is 0.937. The second kappa shape index (κ2) is 9.70. The van der Waals surface area contributed by atoms with Gasteiger partial charge in [-0.3, -0.25) is 9.69 Å². The van der Waals surface area contributed by atoms with Gasteiger partial charge in [0, 0.05) is 38.8 Å². The van der Waals surface area contributed by atoms with Gasteiger partial charge in [-0.1, -0.05) is 12.1 Å². The maximum atomic E-state index is 14.3. The topological polar surface area (TPSA) is 50.6 Å². The summed E-state index contributed by atoms with van der Waals surface area (Å²) in [7, 11) is 1.66. The summed E-state index contributed by atoms with van der Waals surface area (Å²) >= 11 is 0. The Kier molecular flexibility index (Phi) is 6.74. The van der Waals surface area contributed by atoms with Crippen LogP contribution in [0.1, 0.15) is 27.3 Å². The number of nitrogens with zero attached hydrogens (tertiary/aromatic N) is 4. The lowest BCUT2D eigenvalue weighted by atomic mass is 10.1. The maximum absolute atomic E-state index is 14.3. The molecule has 0 saturated carbocycles. The summed E-state index contributed by atoms with van der Waals surface area (Å²) in [5.41, 5.74) is 2.93. The normalized spacial score (nSPS) is 14.5. The van der Waals surface area contributed by atoms with Crippen LogP contribution in [0.5, 0.6) is 5.75 Å². The summed E-state index contributed by atoms with van der Waals surface area (Å²) < 4.78 is 34.2. The number of carbonyl (C=O) groups excluding carboxylic acids is 1. The van der Waals surface area contributed by atoms with Crippen molar-refractivity contribution < 1.29 is 18.3 Å². The highest BCUT2D eigenvalue weighted by Gasteiger charge is 2.27. The number of piperazine rings is 1. The zero-order chi connectivity index (χ0) is 23.5. The van der Waals surface area contributed by atoms with Crippen LogP contribution in [0.15, 0.2) is 42.5 Å². The molecule has 1 aromatic heterocycles. The number of ether oxygens (including phenoxy) is 1. The SMILES string of the molecule is COc1ccc(CCN2CCN(C(=O)c3c(C)nn(-c4ccc(F)cc4F)c3C)CC2)cc1. The van der Waals surface area contributed by atoms with Crippen LogP contribution in [0.3, 0.4) is 0 Å². The number of carbonyl (C=O) groups is 1. The molecule has 2 aromatic carbocycles. The largest absolute Gasteiger partial charge is 0.497 e. The van der Waals surface area contributed by atoms with Crippen LogP contribution < -0.4 is 4.74 Å². The van der Waals surface area contributed by atoms with E-state index in [2.05, 4.69) is 22.1 Å². The summed E-state index contributed by atoms with van der Waals surface area (Å²) in [5, 5.41) is 4.36. The molecule has 1 fully saturated rings. The monoisotopic (exact) mass is 454 g/mol. The van der Waals surface area contributed by atoms with E-state index in [4.69, 9.17) is 4.74 Å². The molecule has 8 heteroatoms. The van der Waals surface area contributed by atoms with Crippen molar-refractivity contribution in [3.05, 3.63) is 76.6 Å². The molecule has 0 unspecified atom stereocenters. The van der Waals surface area contributed by atoms with Crippen molar-refractivity contribution >= 4 is 5.91 Å². The van der Waals surface area contributed by atoms with E-state index >= 15 is 0 Å². The lowest BCUT2D eigenvalue weighted by Gasteiger charge is -2.34. The lowest BCUT2D eigenvalue weighted by Crippen LogP contribution is -2.49. The fourth-order valence-electron chi connectivity index (χ4n) is 4.25. The fraction of sp³-hybridized carbons (Fsp3) is 0.360. The number of hydrogen-bond acceptors (Lipinski definition) is 4. The first kappa shape index (κ1) is 22.9. The first-order valence-electron chi connectivity index (χ1n) is 11.0. The van der Waals surface area contributed by atoms with Gasteiger partial charge in [-0.05, 0) is 50.1 Å². The third-order valence-electron chi connectivity index (χ3n) is 6.18. The van der Waals surface area contributed by atoms with Crippen LogP contribution >= 0.6 is 0 Å². The third kappa shape index (κ3) is 4.90. The van der Waals surface area contributed by atoms with Gasteiger partial charge in [0.05, 0.1) is 24.1 Å². The number of benzene rings is 2. The number of hydrogen-bond donors (Lipinski definition) is 0. The summed E-state index contributed by atoms with van der Waals surface area (Å²) in [6.45, 7) is 7.23. The van der Waals surface area contributed by atoms with Gasteiger partial charge >= 0.3 is 0 Å². The molecule has 4 rings (SSSR count). The average Bonchev–Trinajstić information content (AvgIpc) is 3.11. The molecule has 1 aliphatic heterocycles. The number of rotatable bonds is 6. The Hall–Kier alpha value is -3.26. The zero-order valence-corrected chi connectivity index (χ0v) is 19.1. The molecule has 0 N–H and O–H groups in total. The van der Waals surface area contributed by atoms with Gasteiger partial charge in [-0.15, -0.1) is 0 Å². The van der Waals surface area contributed by atoms with Gasteiger partial charge in [0.1, 0.15) is 17.3 Å². The quantitative estimate of drug-likeness (QED) is 0.569. The first-order chi connectivity index (χ1) is 15.9. The van der Waals surface area contributed by atoms with E-state index in [1.54, 1.807) is 21.0 Å². The van der Waals surface area contributed by atoms with Gasteiger partial charge < -0.3 is 9.64 Å². The smallest absolute Gasteiger partial charge is 0.257 e. The molecule has 3 aromatic rings. The molecular weight excluding hydrogens is 426 g/mol. The first-order valence-corrected chi connectivity index (χ1v) is 11.0. The van der Waals surface area contributed by atoms with Gasteiger partial charge in [-0.2, -0.15) is 5.10 Å². The average molecular weight is 455 g/mol. The molecule has 0 aliphatic carbocycles. The predicted octanol–water partition coefficient (Wildman–Crippen LogP) is 3.78. The molecular formula is C25H28F2N4O2. The molecule has 0 bridgehead atoms. The van der Waals surface area contributed by atoms with E-state index in [0.29, 0.717) is 30.0 Å². The van der Waals surface area contributed by atoms with E-state index in [0.717, 1.165) is 37.9 Å². The van der Waals surface area contributed by atoms with E-state index in [9.17, 15) is 13.6 Å². The molecule has 0 spiro atoms. The second-order valence-corrected chi connectivity index (χ2v) is 8.29. The highest BCUT2D eigenvalue weighted by atomic mass is 19.1. The highest BCUT2D eigenvalue weighted by molar-refractivity contribution is 5.96. The third-order valence-corrected chi connectivity index (χ3v) is 6.18. The van der Waals surface area contributed by atoms with Crippen molar-refractivity contribution in [2.45, 2.75) is 20.3 Å². The molecule has 174 valence electrons. The summed E-state index contributed by atoms with van der Waals surface area (Å²) in [5.74, 6) is -0.625. The van der Waals surface area contributed by atoms with Crippen LogP contribution in [0.4, 0.5) is 8.78 Å². The molecule has 6 nitrogen and oxygen atoms in total. The van der Waals surface area contributed by atoms with Crippen molar-refractivity contribution in [1.82, 2.24) is 19.6 Å². The predicted molar refractivity (Wildman–Crippen MR) is 122 cm³/mol. The van der Waals surface area contributed by atoms with E-state index in [-0.39, 0.29) is 11.6 Å². The van der Waals surface area contributed by atoms with E-state index in [1.807, 2.05) is 17.0 Å². The molecule has 1 saturated heterocycles. The van der Waals surface area contributed by atoms with Crippen LogP contribution in [0.25, 0.3) is 5.69 Å². The summed E-state index contributed by atoms with van der Waals surface area (Å²) in [4.78, 5) is 17.4. The van der Waals surface area contributed by atoms with Gasteiger partial charge in [0.25, 0.3) is 5.91 Å². The van der Waals surface area contributed by atoms with Gasteiger partial charge in [0.2, 0.25) is 0 Å². The highest BCUT2D eigenvalue weighted by Crippen LogP contribution is 2.23. The number of amides is 1. The minimum atomic E-state index is -0.718. The minimum Gasteiger partial charge on any atom is -0.497 e. The van der Waals surface area contributed by atoms with E-state index < -0.39 is 11.6 Å². The number of aromatic nitrogens is 2. The molecule has 1 aliphatic rings. The fourth-order valence-corrected chi connectivity index (χ4v) is 4.25. The van der Waals surface area contributed by atoms with Crippen LogP contribution in [-0.4, -0.2) is 65.3 Å². The Morgan fingerprint density at radius 2 is 1.73 bits per heavy atom. The van der Waals surface area contributed by atoms with Crippen LogP contribution in [-0.2, 0) is 6.42 Å². The van der Waals surface area contributed by atoms with Crippen molar-refractivity contribution in [2.75, 3.05) is 39.8 Å². The summed E-state index contributed by atoms with van der Waals surface area (Å²) in [6, 6.07) is 11.4. The van der Waals surface area contributed by atoms with Crippen LogP contribution in [0, 0.1) is 25.5 Å². The molecule has 1 amide bonds. The van der Waals surface area contributed by atoms with Crippen LogP contribution in [0.2, 0.25) is 0 Å².